The monoisotopic (exact) mass is 204 g/mol. The fraction of sp³-hybridized carbons (Fsp3) is 0.200. The number of rotatable bonds is 2. The van der Waals surface area contributed by atoms with Gasteiger partial charge in [0.15, 0.2) is 6.61 Å². The normalized spacial score (nSPS) is 10.0. The second kappa shape index (κ2) is 3.64. The predicted molar refractivity (Wildman–Crippen MR) is 55.5 cm³/mol. The van der Waals surface area contributed by atoms with Crippen LogP contribution < -0.4 is 4.74 Å². The van der Waals surface area contributed by atoms with E-state index >= 15 is 0 Å². The average molecular weight is 204 g/mol. The molecule has 2 aromatic rings. The quantitative estimate of drug-likeness (QED) is 0.755. The Morgan fingerprint density at radius 2 is 2.43 bits per heavy atom. The number of fused-ring (bicyclic) bond motifs is 1. The van der Waals surface area contributed by atoms with Crippen LogP contribution in [-0.4, -0.2) is 11.0 Å². The van der Waals surface area contributed by atoms with Crippen LogP contribution in [0.25, 0.3) is 10.1 Å². The fourth-order valence-corrected chi connectivity index (χ4v) is 1.94. The molecule has 3 nitrogen and oxygen atoms in total. The Kier molecular flexibility index (Phi) is 2.33. The van der Waals surface area contributed by atoms with Crippen molar-refractivity contribution in [2.75, 3.05) is 6.61 Å². The molecule has 0 radical (unpaired) electrons. The lowest BCUT2D eigenvalue weighted by molar-refractivity contribution is 0.362. The minimum absolute atomic E-state index is 0.0484. The van der Waals surface area contributed by atoms with E-state index in [1.54, 1.807) is 0 Å². The summed E-state index contributed by atoms with van der Waals surface area (Å²) in [4.78, 5) is 0. The van der Waals surface area contributed by atoms with E-state index in [4.69, 9.17) is 10.00 Å². The van der Waals surface area contributed by atoms with Crippen LogP contribution in [-0.2, 0) is 0 Å². The summed E-state index contributed by atoms with van der Waals surface area (Å²) < 4.78 is 10.4. The zero-order valence-corrected chi connectivity index (χ0v) is 8.47. The summed E-state index contributed by atoms with van der Waals surface area (Å²) in [7, 11) is 0. The number of hydrogen-bond acceptors (Lipinski definition) is 4. The number of nitriles is 1. The standard InChI is InChI=1S/C10H8N2OS/c1-7-2-3-9-8(6-7)10(12-14-9)13-5-4-11/h2-3,6H,5H2,1H3. The van der Waals surface area contributed by atoms with Crippen molar-refractivity contribution in [3.05, 3.63) is 23.8 Å². The van der Waals surface area contributed by atoms with Crippen LogP contribution in [0.4, 0.5) is 0 Å². The molecule has 0 aliphatic carbocycles. The van der Waals surface area contributed by atoms with Gasteiger partial charge >= 0.3 is 0 Å². The van der Waals surface area contributed by atoms with E-state index in [2.05, 4.69) is 4.37 Å². The van der Waals surface area contributed by atoms with E-state index in [1.165, 1.54) is 17.1 Å². The summed E-state index contributed by atoms with van der Waals surface area (Å²) in [5.41, 5.74) is 1.17. The molecule has 0 unspecified atom stereocenters. The molecule has 0 saturated carbocycles. The summed E-state index contributed by atoms with van der Waals surface area (Å²) >= 11 is 1.39. The van der Waals surface area contributed by atoms with Gasteiger partial charge in [0.2, 0.25) is 5.88 Å². The first kappa shape index (κ1) is 8.97. The summed E-state index contributed by atoms with van der Waals surface area (Å²) in [5.74, 6) is 0.565. The Morgan fingerprint density at radius 1 is 1.57 bits per heavy atom. The molecule has 1 aromatic heterocycles. The SMILES string of the molecule is Cc1ccc2snc(OCC#N)c2c1. The molecule has 0 spiro atoms. The first-order valence-corrected chi connectivity index (χ1v) is 4.94. The highest BCUT2D eigenvalue weighted by Gasteiger charge is 2.06. The van der Waals surface area contributed by atoms with E-state index in [0.29, 0.717) is 5.88 Å². The third kappa shape index (κ3) is 1.54. The minimum atomic E-state index is 0.0484. The smallest absolute Gasteiger partial charge is 0.234 e. The molecule has 0 saturated heterocycles. The highest BCUT2D eigenvalue weighted by Crippen LogP contribution is 2.29. The molecule has 0 fully saturated rings. The maximum Gasteiger partial charge on any atom is 0.234 e. The molecule has 0 bridgehead atoms. The number of aryl methyl sites for hydroxylation is 1. The number of aromatic nitrogens is 1. The largest absolute Gasteiger partial charge is 0.461 e. The zero-order valence-electron chi connectivity index (χ0n) is 7.65. The minimum Gasteiger partial charge on any atom is -0.461 e. The molecular formula is C10H8N2OS. The van der Waals surface area contributed by atoms with Gasteiger partial charge in [0, 0.05) is 0 Å². The van der Waals surface area contributed by atoms with Crippen molar-refractivity contribution in [2.24, 2.45) is 0 Å². The molecule has 2 rings (SSSR count). The van der Waals surface area contributed by atoms with E-state index in [1.807, 2.05) is 31.2 Å². The van der Waals surface area contributed by atoms with Gasteiger partial charge in [0.1, 0.15) is 6.07 Å². The topological polar surface area (TPSA) is 45.9 Å². The van der Waals surface area contributed by atoms with E-state index in [9.17, 15) is 0 Å². The molecule has 1 heterocycles. The molecule has 1 aromatic carbocycles. The molecule has 0 N–H and O–H groups in total. The molecule has 0 atom stereocenters. The van der Waals surface area contributed by atoms with E-state index < -0.39 is 0 Å². The Bertz CT molecular complexity index is 498. The maximum atomic E-state index is 8.39. The lowest BCUT2D eigenvalue weighted by Gasteiger charge is -1.97. The highest BCUT2D eigenvalue weighted by atomic mass is 32.1. The number of nitrogens with zero attached hydrogens (tertiary/aromatic N) is 2. The van der Waals surface area contributed by atoms with Crippen molar-refractivity contribution in [3.63, 3.8) is 0 Å². The van der Waals surface area contributed by atoms with Crippen molar-refractivity contribution in [1.82, 2.24) is 4.37 Å². The second-order valence-corrected chi connectivity index (χ2v) is 3.74. The lowest BCUT2D eigenvalue weighted by atomic mass is 10.2. The van der Waals surface area contributed by atoms with Crippen molar-refractivity contribution in [2.45, 2.75) is 6.92 Å². The van der Waals surface area contributed by atoms with E-state index in [-0.39, 0.29) is 6.61 Å². The van der Waals surface area contributed by atoms with Gasteiger partial charge in [-0.15, -0.1) is 0 Å². The number of benzene rings is 1. The van der Waals surface area contributed by atoms with Gasteiger partial charge in [-0.1, -0.05) is 11.6 Å². The first-order chi connectivity index (χ1) is 6.81. The third-order valence-electron chi connectivity index (χ3n) is 1.87. The van der Waals surface area contributed by atoms with Crippen molar-refractivity contribution in [3.8, 4) is 11.9 Å². The van der Waals surface area contributed by atoms with Crippen LogP contribution in [0.3, 0.4) is 0 Å². The van der Waals surface area contributed by atoms with Crippen LogP contribution in [0.5, 0.6) is 5.88 Å². The van der Waals surface area contributed by atoms with Gasteiger partial charge in [-0.05, 0) is 30.6 Å². The van der Waals surface area contributed by atoms with Crippen LogP contribution in [0.2, 0.25) is 0 Å². The van der Waals surface area contributed by atoms with Crippen LogP contribution >= 0.6 is 11.5 Å². The fourth-order valence-electron chi connectivity index (χ4n) is 1.24. The number of ether oxygens (including phenoxy) is 1. The summed E-state index contributed by atoms with van der Waals surface area (Å²) in [6.45, 7) is 2.07. The Hall–Kier alpha value is -1.60. The summed E-state index contributed by atoms with van der Waals surface area (Å²) in [6, 6.07) is 8.00. The third-order valence-corrected chi connectivity index (χ3v) is 2.68. The van der Waals surface area contributed by atoms with Gasteiger partial charge in [-0.2, -0.15) is 9.64 Å². The van der Waals surface area contributed by atoms with Crippen LogP contribution in [0, 0.1) is 18.3 Å². The Morgan fingerprint density at radius 3 is 3.21 bits per heavy atom. The highest BCUT2D eigenvalue weighted by molar-refractivity contribution is 7.13. The molecule has 0 aliphatic heterocycles. The second-order valence-electron chi connectivity index (χ2n) is 2.93. The zero-order chi connectivity index (χ0) is 9.97. The van der Waals surface area contributed by atoms with Crippen molar-refractivity contribution in [1.29, 1.82) is 5.26 Å². The van der Waals surface area contributed by atoms with E-state index in [0.717, 1.165) is 10.1 Å². The van der Waals surface area contributed by atoms with Gasteiger partial charge in [-0.3, -0.25) is 0 Å². The molecule has 4 heteroatoms. The summed E-state index contributed by atoms with van der Waals surface area (Å²) in [5, 5.41) is 9.38. The predicted octanol–water partition coefficient (Wildman–Crippen LogP) is 2.51. The van der Waals surface area contributed by atoms with Gasteiger partial charge in [-0.25, -0.2) is 0 Å². The molecule has 0 aliphatic rings. The molecule has 0 amide bonds. The first-order valence-electron chi connectivity index (χ1n) is 4.17. The van der Waals surface area contributed by atoms with Gasteiger partial charge in [0.05, 0.1) is 10.1 Å². The van der Waals surface area contributed by atoms with Crippen LogP contribution in [0.15, 0.2) is 18.2 Å². The number of hydrogen-bond donors (Lipinski definition) is 0. The molecular weight excluding hydrogens is 196 g/mol. The Labute approximate surface area is 85.7 Å². The molecule has 14 heavy (non-hydrogen) atoms. The van der Waals surface area contributed by atoms with Crippen molar-refractivity contribution >= 4 is 21.6 Å². The Balaban J connectivity index is 2.46. The van der Waals surface area contributed by atoms with Crippen LogP contribution in [0.1, 0.15) is 5.56 Å². The molecule has 70 valence electrons. The lowest BCUT2D eigenvalue weighted by Crippen LogP contribution is -1.93. The van der Waals surface area contributed by atoms with Gasteiger partial charge in [0.25, 0.3) is 0 Å². The van der Waals surface area contributed by atoms with Gasteiger partial charge < -0.3 is 4.74 Å². The van der Waals surface area contributed by atoms with Crippen molar-refractivity contribution < 1.29 is 4.74 Å². The average Bonchev–Trinajstić information content (AvgIpc) is 2.57. The maximum absolute atomic E-state index is 8.39. The summed E-state index contributed by atoms with van der Waals surface area (Å²) in [6.07, 6.45) is 0.